The molecule has 122 valence electrons. The van der Waals surface area contributed by atoms with Gasteiger partial charge in [0.2, 0.25) is 0 Å². The Morgan fingerprint density at radius 2 is 1.00 bits per heavy atom. The third-order valence-electron chi connectivity index (χ3n) is 4.45. The summed E-state index contributed by atoms with van der Waals surface area (Å²) < 4.78 is 0. The molecule has 0 saturated carbocycles. The van der Waals surface area contributed by atoms with E-state index in [0.29, 0.717) is 0 Å². The van der Waals surface area contributed by atoms with E-state index in [2.05, 4.69) is 120 Å². The van der Waals surface area contributed by atoms with Crippen molar-refractivity contribution in [2.24, 2.45) is 0 Å². The Labute approximate surface area is 152 Å². The van der Waals surface area contributed by atoms with Crippen LogP contribution in [-0.2, 0) is 0 Å². The third kappa shape index (κ3) is 2.77. The fourth-order valence-corrected chi connectivity index (χ4v) is 11.7. The molecule has 24 heavy (non-hydrogen) atoms. The summed E-state index contributed by atoms with van der Waals surface area (Å²) in [6.07, 6.45) is 0.906. The van der Waals surface area contributed by atoms with Crippen molar-refractivity contribution in [1.82, 2.24) is 0 Å². The van der Waals surface area contributed by atoms with Gasteiger partial charge in [-0.25, -0.2) is 0 Å². The van der Waals surface area contributed by atoms with Gasteiger partial charge in [-0.15, -0.1) is 0 Å². The molecular formula is C22H22BrP. The van der Waals surface area contributed by atoms with Gasteiger partial charge in [0.05, 0.1) is 0 Å². The van der Waals surface area contributed by atoms with Crippen molar-refractivity contribution >= 4 is 36.7 Å². The molecule has 0 heterocycles. The summed E-state index contributed by atoms with van der Waals surface area (Å²) >= 11 is 4.39. The van der Waals surface area contributed by atoms with E-state index in [0.717, 1.165) is 6.16 Å². The molecule has 0 aromatic heterocycles. The van der Waals surface area contributed by atoms with Crippen molar-refractivity contribution in [2.75, 3.05) is 6.16 Å². The summed E-state index contributed by atoms with van der Waals surface area (Å²) in [7, 11) is 0. The minimum atomic E-state index is -2.78. The molecule has 0 radical (unpaired) electrons. The first kappa shape index (κ1) is 17.1. The Balaban J connectivity index is 2.45. The molecule has 0 aliphatic heterocycles. The van der Waals surface area contributed by atoms with Gasteiger partial charge in [-0.3, -0.25) is 0 Å². The van der Waals surface area contributed by atoms with Crippen LogP contribution in [0.3, 0.4) is 0 Å². The van der Waals surface area contributed by atoms with Crippen LogP contribution in [0.25, 0.3) is 0 Å². The number of rotatable bonds is 5. The molecule has 3 aromatic carbocycles. The summed E-state index contributed by atoms with van der Waals surface area (Å²) in [4.78, 5) is 0. The van der Waals surface area contributed by atoms with E-state index < -0.39 is 5.31 Å². The van der Waals surface area contributed by atoms with E-state index in [1.54, 1.807) is 0 Å². The number of hydrogen-bond donors (Lipinski definition) is 0. The van der Waals surface area contributed by atoms with Crippen molar-refractivity contribution in [2.45, 2.75) is 6.92 Å². The second-order valence-corrected chi connectivity index (χ2v) is 15.2. The van der Waals surface area contributed by atoms with Crippen LogP contribution in [0.5, 0.6) is 0 Å². The Hall–Kier alpha value is -1.69. The predicted molar refractivity (Wildman–Crippen MR) is 114 cm³/mol. The van der Waals surface area contributed by atoms with Gasteiger partial charge in [-0.05, 0) is 0 Å². The summed E-state index contributed by atoms with van der Waals surface area (Å²) in [5, 5.41) is 1.23. The Morgan fingerprint density at radius 1 is 0.708 bits per heavy atom. The standard InChI is InChI=1S/C22H22BrP/c1-19(2)18-24(23,20-12-6-3-7-13-20,21-14-8-4-9-15-21)22-16-10-5-11-17-22/h3-17H,1,18H2,2H3. The predicted octanol–water partition coefficient (Wildman–Crippen LogP) is 5.40. The molecule has 0 N–H and O–H groups in total. The van der Waals surface area contributed by atoms with Gasteiger partial charge < -0.3 is 0 Å². The van der Waals surface area contributed by atoms with E-state index in [4.69, 9.17) is 0 Å². The van der Waals surface area contributed by atoms with Crippen molar-refractivity contribution in [3.63, 3.8) is 0 Å². The fraction of sp³-hybridized carbons (Fsp3) is 0.0909. The molecule has 0 spiro atoms. The summed E-state index contributed by atoms with van der Waals surface area (Å²) in [5.74, 6) is 0. The summed E-state index contributed by atoms with van der Waals surface area (Å²) in [5.41, 5.74) is 1.18. The normalized spacial score (nSPS) is 13.0. The first-order chi connectivity index (χ1) is 11.6. The van der Waals surface area contributed by atoms with E-state index in [1.807, 2.05) is 0 Å². The average Bonchev–Trinajstić information content (AvgIpc) is 2.63. The number of hydrogen-bond acceptors (Lipinski definition) is 0. The fourth-order valence-electron chi connectivity index (χ4n) is 3.44. The first-order valence-electron chi connectivity index (χ1n) is 8.10. The molecule has 0 unspecified atom stereocenters. The van der Waals surface area contributed by atoms with Crippen LogP contribution in [0.1, 0.15) is 6.92 Å². The van der Waals surface area contributed by atoms with E-state index in [-0.39, 0.29) is 0 Å². The maximum atomic E-state index is 4.39. The second-order valence-electron chi connectivity index (χ2n) is 6.30. The van der Waals surface area contributed by atoms with Gasteiger partial charge >= 0.3 is 153 Å². The Kier molecular flexibility index (Phi) is 4.76. The van der Waals surface area contributed by atoms with E-state index in [1.165, 1.54) is 21.5 Å². The molecule has 2 heteroatoms. The molecule has 0 aliphatic carbocycles. The molecular weight excluding hydrogens is 375 g/mol. The number of benzene rings is 3. The zero-order valence-corrected chi connectivity index (χ0v) is 16.4. The van der Waals surface area contributed by atoms with Gasteiger partial charge in [0, 0.05) is 0 Å². The molecule has 0 aliphatic rings. The van der Waals surface area contributed by atoms with Crippen LogP contribution in [0.2, 0.25) is 0 Å². The van der Waals surface area contributed by atoms with E-state index in [9.17, 15) is 0 Å². The first-order valence-corrected chi connectivity index (χ1v) is 12.5. The van der Waals surface area contributed by atoms with Gasteiger partial charge in [0.1, 0.15) is 0 Å². The topological polar surface area (TPSA) is 0 Å². The Bertz CT molecular complexity index is 726. The van der Waals surface area contributed by atoms with Crippen molar-refractivity contribution < 1.29 is 0 Å². The van der Waals surface area contributed by atoms with Crippen LogP contribution in [-0.4, -0.2) is 6.16 Å². The maximum absolute atomic E-state index is 4.39. The molecule has 0 atom stereocenters. The van der Waals surface area contributed by atoms with Crippen LogP contribution in [0.15, 0.2) is 103 Å². The summed E-state index contributed by atoms with van der Waals surface area (Å²) in [6.45, 7) is 6.39. The zero-order chi connectivity index (χ0) is 17.1. The van der Waals surface area contributed by atoms with Crippen molar-refractivity contribution in [1.29, 1.82) is 0 Å². The summed E-state index contributed by atoms with van der Waals surface area (Å²) in [6, 6.07) is 32.5. The van der Waals surface area contributed by atoms with Crippen molar-refractivity contribution in [3.05, 3.63) is 103 Å². The molecule has 0 bridgehead atoms. The van der Waals surface area contributed by atoms with Gasteiger partial charge in [-0.2, -0.15) is 0 Å². The molecule has 0 amide bonds. The van der Waals surface area contributed by atoms with Crippen LogP contribution < -0.4 is 15.9 Å². The van der Waals surface area contributed by atoms with Gasteiger partial charge in [-0.1, -0.05) is 0 Å². The Morgan fingerprint density at radius 3 is 1.25 bits per heavy atom. The average molecular weight is 397 g/mol. The zero-order valence-electron chi connectivity index (χ0n) is 13.9. The minimum absolute atomic E-state index is 0.906. The third-order valence-corrected chi connectivity index (χ3v) is 14.1. The monoisotopic (exact) mass is 396 g/mol. The number of halogens is 1. The molecule has 0 nitrogen and oxygen atoms in total. The SMILES string of the molecule is C=C(C)CP(Br)(c1ccccc1)(c1ccccc1)c1ccccc1. The number of allylic oxidation sites excluding steroid dienone is 1. The molecule has 0 saturated heterocycles. The quantitative estimate of drug-likeness (QED) is 0.399. The van der Waals surface area contributed by atoms with E-state index >= 15 is 0 Å². The molecule has 3 rings (SSSR count). The van der Waals surface area contributed by atoms with Gasteiger partial charge in [0.15, 0.2) is 0 Å². The second kappa shape index (κ2) is 6.67. The van der Waals surface area contributed by atoms with Gasteiger partial charge in [0.25, 0.3) is 0 Å². The van der Waals surface area contributed by atoms with Crippen molar-refractivity contribution in [3.8, 4) is 0 Å². The van der Waals surface area contributed by atoms with Crippen LogP contribution in [0.4, 0.5) is 0 Å². The molecule has 0 fully saturated rings. The van der Waals surface area contributed by atoms with Crippen LogP contribution in [0, 0.1) is 0 Å². The molecule has 3 aromatic rings. The van der Waals surface area contributed by atoms with Crippen LogP contribution >= 0.6 is 20.8 Å².